The Balaban J connectivity index is 1.60. The van der Waals surface area contributed by atoms with Crippen LogP contribution in [0.2, 0.25) is 0 Å². The molecule has 0 spiro atoms. The third kappa shape index (κ3) is 28.7. The number of hydrogen-bond acceptors (Lipinski definition) is 13. The van der Waals surface area contributed by atoms with Gasteiger partial charge in [0.05, 0.1) is 32.0 Å². The summed E-state index contributed by atoms with van der Waals surface area (Å²) in [5, 5.41) is 86.4. The van der Waals surface area contributed by atoms with Crippen LogP contribution in [-0.4, -0.2) is 140 Å². The van der Waals surface area contributed by atoms with Crippen molar-refractivity contribution in [2.24, 2.45) is 0 Å². The first-order chi connectivity index (χ1) is 33.6. The fourth-order valence-corrected chi connectivity index (χ4v) is 9.59. The Hall–Kier alpha value is -1.27. The van der Waals surface area contributed by atoms with Gasteiger partial charge in [0.15, 0.2) is 12.6 Å². The lowest BCUT2D eigenvalue weighted by molar-refractivity contribution is -0.359. The van der Waals surface area contributed by atoms with Gasteiger partial charge in [-0.3, -0.25) is 4.79 Å². The van der Waals surface area contributed by atoms with Crippen LogP contribution < -0.4 is 5.32 Å². The number of amides is 1. The number of ether oxygens (including phenoxy) is 4. The molecule has 0 aliphatic carbocycles. The van der Waals surface area contributed by atoms with E-state index in [1.807, 2.05) is 6.08 Å². The van der Waals surface area contributed by atoms with Crippen molar-refractivity contribution in [2.45, 2.75) is 312 Å². The average Bonchev–Trinajstić information content (AvgIpc) is 3.35. The van der Waals surface area contributed by atoms with Crippen molar-refractivity contribution >= 4 is 5.91 Å². The van der Waals surface area contributed by atoms with Gasteiger partial charge in [-0.25, -0.2) is 0 Å². The molecule has 1 amide bonds. The number of hydrogen-bond donors (Lipinski definition) is 9. The SMILES string of the molecule is CCCCCCCCCCCCCCCCCCCCCCCCCCCCCC/C=C/C(O)C(COC1OC(CO)C(OC2OC(CO)C(O)C(O)C2O)C(O)C1O)NC(=O)CCCCCCC. The molecule has 2 fully saturated rings. The number of carbonyl (C=O) groups excluding carboxylic acids is 1. The molecule has 2 aliphatic heterocycles. The Labute approximate surface area is 418 Å². The zero-order valence-electron chi connectivity index (χ0n) is 43.6. The first-order valence-corrected chi connectivity index (χ1v) is 28.4. The molecular formula is C55H105NO13. The molecule has 2 aliphatic rings. The molecule has 0 radical (unpaired) electrons. The van der Waals surface area contributed by atoms with Gasteiger partial charge in [-0.15, -0.1) is 0 Å². The Bertz CT molecular complexity index is 1210. The summed E-state index contributed by atoms with van der Waals surface area (Å²) in [7, 11) is 0. The maximum atomic E-state index is 13.0. The van der Waals surface area contributed by atoms with E-state index in [1.165, 1.54) is 167 Å². The Morgan fingerprint density at radius 2 is 0.899 bits per heavy atom. The molecule has 0 bridgehead atoms. The van der Waals surface area contributed by atoms with E-state index < -0.39 is 86.8 Å². The molecule has 9 N–H and O–H groups in total. The van der Waals surface area contributed by atoms with Crippen molar-refractivity contribution in [3.63, 3.8) is 0 Å². The van der Waals surface area contributed by atoms with Crippen molar-refractivity contribution in [1.29, 1.82) is 0 Å². The number of allylic oxidation sites excluding steroid dienone is 1. The lowest BCUT2D eigenvalue weighted by atomic mass is 9.97. The van der Waals surface area contributed by atoms with Gasteiger partial charge in [-0.1, -0.05) is 225 Å². The Kier molecular flexibility index (Phi) is 39.0. The van der Waals surface area contributed by atoms with Crippen molar-refractivity contribution in [1.82, 2.24) is 5.32 Å². The van der Waals surface area contributed by atoms with E-state index in [0.717, 1.165) is 44.9 Å². The molecule has 0 saturated carbocycles. The lowest BCUT2D eigenvalue weighted by Crippen LogP contribution is -2.65. The van der Waals surface area contributed by atoms with Gasteiger partial charge in [0, 0.05) is 6.42 Å². The standard InChI is InChI=1S/C55H105NO13/c1-3-5-7-9-10-11-12-13-14-15-16-17-18-19-20-21-22-23-24-25-26-27-28-29-30-31-32-33-35-36-38-44(59)43(56-47(60)39-37-34-8-6-4-2)42-66-54-52(65)50(63)53(46(41-58)68-54)69-55-51(64)49(62)48(61)45(40-57)67-55/h36,38,43-46,48-55,57-59,61-65H,3-35,37,39-42H2,1-2H3,(H,56,60)/b38-36+. The molecular weight excluding hydrogens is 883 g/mol. The number of aliphatic hydroxyl groups excluding tert-OH is 8. The summed E-state index contributed by atoms with van der Waals surface area (Å²) in [5.41, 5.74) is 0. The van der Waals surface area contributed by atoms with Gasteiger partial charge in [0.25, 0.3) is 0 Å². The average molecular weight is 988 g/mol. The molecule has 14 heteroatoms. The van der Waals surface area contributed by atoms with Crippen LogP contribution in [-0.2, 0) is 23.7 Å². The monoisotopic (exact) mass is 988 g/mol. The van der Waals surface area contributed by atoms with E-state index in [2.05, 4.69) is 19.2 Å². The van der Waals surface area contributed by atoms with Crippen molar-refractivity contribution in [2.75, 3.05) is 19.8 Å². The Morgan fingerprint density at radius 3 is 1.33 bits per heavy atom. The smallest absolute Gasteiger partial charge is 0.220 e. The number of nitrogens with one attached hydrogen (secondary N) is 1. The predicted octanol–water partition coefficient (Wildman–Crippen LogP) is 8.72. The van der Waals surface area contributed by atoms with E-state index in [9.17, 15) is 45.6 Å². The number of unbranched alkanes of at least 4 members (excludes halogenated alkanes) is 32. The minimum atomic E-state index is -1.78. The highest BCUT2D eigenvalue weighted by Crippen LogP contribution is 2.30. The van der Waals surface area contributed by atoms with Crippen molar-refractivity contribution in [3.05, 3.63) is 12.2 Å². The van der Waals surface area contributed by atoms with Gasteiger partial charge >= 0.3 is 0 Å². The molecule has 2 rings (SSSR count). The molecule has 408 valence electrons. The van der Waals surface area contributed by atoms with Gasteiger partial charge < -0.3 is 65.1 Å². The summed E-state index contributed by atoms with van der Waals surface area (Å²) in [6, 6.07) is -0.906. The lowest BCUT2D eigenvalue weighted by Gasteiger charge is -2.46. The summed E-state index contributed by atoms with van der Waals surface area (Å²) in [5.74, 6) is -0.250. The maximum absolute atomic E-state index is 13.0. The largest absolute Gasteiger partial charge is 0.394 e. The van der Waals surface area contributed by atoms with E-state index in [4.69, 9.17) is 18.9 Å². The summed E-state index contributed by atoms with van der Waals surface area (Å²) < 4.78 is 22.6. The second-order valence-corrected chi connectivity index (χ2v) is 20.4. The summed E-state index contributed by atoms with van der Waals surface area (Å²) in [6.07, 6.45) is 30.6. The molecule has 69 heavy (non-hydrogen) atoms. The highest BCUT2D eigenvalue weighted by atomic mass is 16.7. The van der Waals surface area contributed by atoms with Crippen LogP contribution in [0, 0.1) is 0 Å². The van der Waals surface area contributed by atoms with E-state index in [-0.39, 0.29) is 18.9 Å². The van der Waals surface area contributed by atoms with Crippen LogP contribution in [0.3, 0.4) is 0 Å². The zero-order valence-corrected chi connectivity index (χ0v) is 43.6. The quantitative estimate of drug-likeness (QED) is 0.0206. The second-order valence-electron chi connectivity index (χ2n) is 20.4. The highest BCUT2D eigenvalue weighted by Gasteiger charge is 2.51. The zero-order chi connectivity index (χ0) is 50.3. The normalized spacial score (nSPS) is 26.2. The van der Waals surface area contributed by atoms with Crippen molar-refractivity contribution < 1.29 is 64.6 Å². The molecule has 2 saturated heterocycles. The third-order valence-corrected chi connectivity index (χ3v) is 14.2. The van der Waals surface area contributed by atoms with E-state index in [1.54, 1.807) is 6.08 Å². The summed E-state index contributed by atoms with van der Waals surface area (Å²) in [6.45, 7) is 2.70. The fourth-order valence-electron chi connectivity index (χ4n) is 9.59. The van der Waals surface area contributed by atoms with E-state index in [0.29, 0.717) is 6.42 Å². The first-order valence-electron chi connectivity index (χ1n) is 28.4. The number of rotatable bonds is 45. The van der Waals surface area contributed by atoms with Gasteiger partial charge in [0.2, 0.25) is 5.91 Å². The number of aliphatic hydroxyl groups is 8. The minimum absolute atomic E-state index is 0.250. The van der Waals surface area contributed by atoms with Crippen LogP contribution in [0.4, 0.5) is 0 Å². The second kappa shape index (κ2) is 42.1. The molecule has 0 aromatic heterocycles. The molecule has 0 aromatic rings. The van der Waals surface area contributed by atoms with Crippen LogP contribution >= 0.6 is 0 Å². The van der Waals surface area contributed by atoms with Crippen LogP contribution in [0.1, 0.15) is 239 Å². The van der Waals surface area contributed by atoms with Gasteiger partial charge in [-0.2, -0.15) is 0 Å². The predicted molar refractivity (Wildman–Crippen MR) is 272 cm³/mol. The van der Waals surface area contributed by atoms with Crippen LogP contribution in [0.25, 0.3) is 0 Å². The van der Waals surface area contributed by atoms with Crippen LogP contribution in [0.15, 0.2) is 12.2 Å². The highest BCUT2D eigenvalue weighted by molar-refractivity contribution is 5.76. The molecule has 14 nitrogen and oxygen atoms in total. The van der Waals surface area contributed by atoms with Gasteiger partial charge in [-0.05, 0) is 19.3 Å². The first kappa shape index (κ1) is 63.8. The molecule has 0 aromatic carbocycles. The fraction of sp³-hybridized carbons (Fsp3) is 0.945. The molecule has 2 heterocycles. The summed E-state index contributed by atoms with van der Waals surface area (Å²) >= 11 is 0. The molecule has 12 atom stereocenters. The Morgan fingerprint density at radius 1 is 0.507 bits per heavy atom. The minimum Gasteiger partial charge on any atom is -0.394 e. The van der Waals surface area contributed by atoms with Crippen LogP contribution in [0.5, 0.6) is 0 Å². The third-order valence-electron chi connectivity index (χ3n) is 14.2. The topological polar surface area (TPSA) is 228 Å². The van der Waals surface area contributed by atoms with E-state index >= 15 is 0 Å². The maximum Gasteiger partial charge on any atom is 0.220 e. The summed E-state index contributed by atoms with van der Waals surface area (Å²) in [4.78, 5) is 13.0. The van der Waals surface area contributed by atoms with Gasteiger partial charge in [0.1, 0.15) is 48.8 Å². The molecule has 12 unspecified atom stereocenters. The number of carbonyl (C=O) groups is 1. The van der Waals surface area contributed by atoms with Crippen molar-refractivity contribution in [3.8, 4) is 0 Å².